The summed E-state index contributed by atoms with van der Waals surface area (Å²) in [6.45, 7) is 7.92. The zero-order valence-electron chi connectivity index (χ0n) is 12.0. The van der Waals surface area contributed by atoms with Crippen molar-refractivity contribution in [3.8, 4) is 5.75 Å². The van der Waals surface area contributed by atoms with Crippen LogP contribution in [0.25, 0.3) is 0 Å². The van der Waals surface area contributed by atoms with Crippen molar-refractivity contribution < 1.29 is 9.47 Å². The summed E-state index contributed by atoms with van der Waals surface area (Å²) >= 11 is 0. The molecule has 2 rings (SSSR count). The standard InChI is InChI=1S/C16H25NO2/c1-3-10-17-12-14-9-11-19-16(14)13-5-7-15(8-6-13)18-4-2/h5-8,14,16-17H,3-4,9-12H2,1-2H3. The van der Waals surface area contributed by atoms with Crippen LogP contribution >= 0.6 is 0 Å². The maximum Gasteiger partial charge on any atom is 0.119 e. The molecular weight excluding hydrogens is 238 g/mol. The van der Waals surface area contributed by atoms with Crippen LogP contribution in [0.4, 0.5) is 0 Å². The van der Waals surface area contributed by atoms with Crippen molar-refractivity contribution in [1.82, 2.24) is 5.32 Å². The Labute approximate surface area is 116 Å². The minimum atomic E-state index is 0.236. The normalized spacial score (nSPS) is 22.6. The zero-order chi connectivity index (χ0) is 13.5. The van der Waals surface area contributed by atoms with E-state index >= 15 is 0 Å². The number of nitrogens with one attached hydrogen (secondary N) is 1. The third kappa shape index (κ3) is 3.95. The Morgan fingerprint density at radius 3 is 2.74 bits per heavy atom. The highest BCUT2D eigenvalue weighted by Gasteiger charge is 2.29. The van der Waals surface area contributed by atoms with Gasteiger partial charge >= 0.3 is 0 Å². The second-order valence-corrected chi connectivity index (χ2v) is 5.05. The molecule has 0 bridgehead atoms. The van der Waals surface area contributed by atoms with E-state index in [4.69, 9.17) is 9.47 Å². The maximum atomic E-state index is 5.90. The van der Waals surface area contributed by atoms with E-state index in [9.17, 15) is 0 Å². The van der Waals surface area contributed by atoms with E-state index in [0.29, 0.717) is 12.5 Å². The molecule has 0 amide bonds. The van der Waals surface area contributed by atoms with Crippen molar-refractivity contribution in [2.75, 3.05) is 26.3 Å². The third-order valence-electron chi connectivity index (χ3n) is 3.57. The Hall–Kier alpha value is -1.06. The van der Waals surface area contributed by atoms with Crippen LogP contribution in [-0.2, 0) is 4.74 Å². The van der Waals surface area contributed by atoms with Gasteiger partial charge in [0.1, 0.15) is 5.75 Å². The van der Waals surface area contributed by atoms with E-state index < -0.39 is 0 Å². The molecule has 1 aliphatic rings. The largest absolute Gasteiger partial charge is 0.494 e. The van der Waals surface area contributed by atoms with Crippen LogP contribution in [-0.4, -0.2) is 26.3 Å². The molecule has 1 aliphatic heterocycles. The molecule has 0 aliphatic carbocycles. The number of ether oxygens (including phenoxy) is 2. The second kappa shape index (κ2) is 7.51. The lowest BCUT2D eigenvalue weighted by Crippen LogP contribution is -2.25. The molecule has 0 aromatic heterocycles. The number of benzene rings is 1. The Bertz CT molecular complexity index is 364. The van der Waals surface area contributed by atoms with E-state index in [2.05, 4.69) is 24.4 Å². The first-order valence-electron chi connectivity index (χ1n) is 7.40. The van der Waals surface area contributed by atoms with Gasteiger partial charge in [-0.2, -0.15) is 0 Å². The molecule has 3 nitrogen and oxygen atoms in total. The quantitative estimate of drug-likeness (QED) is 0.767. The van der Waals surface area contributed by atoms with Gasteiger partial charge in [-0.3, -0.25) is 0 Å². The van der Waals surface area contributed by atoms with E-state index in [1.807, 2.05) is 19.1 Å². The fraction of sp³-hybridized carbons (Fsp3) is 0.625. The summed E-state index contributed by atoms with van der Waals surface area (Å²) in [5, 5.41) is 3.50. The van der Waals surface area contributed by atoms with Gasteiger partial charge in [0.25, 0.3) is 0 Å². The van der Waals surface area contributed by atoms with Gasteiger partial charge in [0.05, 0.1) is 12.7 Å². The highest BCUT2D eigenvalue weighted by Crippen LogP contribution is 2.34. The van der Waals surface area contributed by atoms with Crippen molar-refractivity contribution in [2.45, 2.75) is 32.8 Å². The van der Waals surface area contributed by atoms with Crippen LogP contribution in [0.3, 0.4) is 0 Å². The summed E-state index contributed by atoms with van der Waals surface area (Å²) in [5.41, 5.74) is 1.27. The van der Waals surface area contributed by atoms with E-state index in [-0.39, 0.29) is 6.10 Å². The summed E-state index contributed by atoms with van der Waals surface area (Å²) in [7, 11) is 0. The molecule has 0 spiro atoms. The topological polar surface area (TPSA) is 30.5 Å². The fourth-order valence-corrected chi connectivity index (χ4v) is 2.60. The zero-order valence-corrected chi connectivity index (χ0v) is 12.0. The third-order valence-corrected chi connectivity index (χ3v) is 3.57. The molecule has 1 saturated heterocycles. The second-order valence-electron chi connectivity index (χ2n) is 5.05. The van der Waals surface area contributed by atoms with Gasteiger partial charge in [-0.05, 0) is 44.0 Å². The van der Waals surface area contributed by atoms with Gasteiger partial charge in [0.2, 0.25) is 0 Å². The minimum absolute atomic E-state index is 0.236. The molecule has 106 valence electrons. The number of rotatable bonds is 7. The molecule has 1 heterocycles. The molecule has 2 unspecified atom stereocenters. The molecule has 1 aromatic rings. The Morgan fingerprint density at radius 1 is 1.26 bits per heavy atom. The molecule has 1 aromatic carbocycles. The molecule has 3 heteroatoms. The monoisotopic (exact) mass is 263 g/mol. The molecule has 1 fully saturated rings. The summed E-state index contributed by atoms with van der Waals surface area (Å²) < 4.78 is 11.4. The summed E-state index contributed by atoms with van der Waals surface area (Å²) in [6.07, 6.45) is 2.57. The Morgan fingerprint density at radius 2 is 2.05 bits per heavy atom. The maximum absolute atomic E-state index is 5.90. The van der Waals surface area contributed by atoms with Gasteiger partial charge in [-0.25, -0.2) is 0 Å². The van der Waals surface area contributed by atoms with Crippen molar-refractivity contribution in [1.29, 1.82) is 0 Å². The lowest BCUT2D eigenvalue weighted by Gasteiger charge is -2.19. The highest BCUT2D eigenvalue weighted by molar-refractivity contribution is 5.29. The average Bonchev–Trinajstić information content (AvgIpc) is 2.89. The first kappa shape index (κ1) is 14.4. The van der Waals surface area contributed by atoms with Crippen molar-refractivity contribution >= 4 is 0 Å². The Kier molecular flexibility index (Phi) is 5.67. The van der Waals surface area contributed by atoms with E-state index in [0.717, 1.165) is 31.9 Å². The average molecular weight is 263 g/mol. The van der Waals surface area contributed by atoms with Crippen LogP contribution < -0.4 is 10.1 Å². The minimum Gasteiger partial charge on any atom is -0.494 e. The van der Waals surface area contributed by atoms with Crippen molar-refractivity contribution in [3.05, 3.63) is 29.8 Å². The van der Waals surface area contributed by atoms with Gasteiger partial charge in [-0.15, -0.1) is 0 Å². The molecule has 2 atom stereocenters. The predicted octanol–water partition coefficient (Wildman–Crippen LogP) is 3.16. The van der Waals surface area contributed by atoms with Gasteiger partial charge in [0.15, 0.2) is 0 Å². The first-order valence-corrected chi connectivity index (χ1v) is 7.40. The molecular formula is C16H25NO2. The van der Waals surface area contributed by atoms with Crippen LogP contribution in [0, 0.1) is 5.92 Å². The highest BCUT2D eigenvalue weighted by atomic mass is 16.5. The number of hydrogen-bond acceptors (Lipinski definition) is 3. The summed E-state index contributed by atoms with van der Waals surface area (Å²) in [4.78, 5) is 0. The van der Waals surface area contributed by atoms with E-state index in [1.54, 1.807) is 0 Å². The number of hydrogen-bond donors (Lipinski definition) is 1. The van der Waals surface area contributed by atoms with Crippen LogP contribution in [0.1, 0.15) is 38.4 Å². The fourth-order valence-electron chi connectivity index (χ4n) is 2.60. The molecule has 0 saturated carbocycles. The van der Waals surface area contributed by atoms with Gasteiger partial charge in [-0.1, -0.05) is 19.1 Å². The molecule has 19 heavy (non-hydrogen) atoms. The summed E-state index contributed by atoms with van der Waals surface area (Å²) in [5.74, 6) is 1.52. The lowest BCUT2D eigenvalue weighted by molar-refractivity contribution is 0.0905. The Balaban J connectivity index is 1.94. The van der Waals surface area contributed by atoms with Crippen LogP contribution in [0.15, 0.2) is 24.3 Å². The van der Waals surface area contributed by atoms with Crippen molar-refractivity contribution in [2.24, 2.45) is 5.92 Å². The predicted molar refractivity (Wildman–Crippen MR) is 77.6 cm³/mol. The lowest BCUT2D eigenvalue weighted by atomic mass is 9.95. The molecule has 0 radical (unpaired) electrons. The SMILES string of the molecule is CCCNCC1CCOC1c1ccc(OCC)cc1. The first-order chi connectivity index (χ1) is 9.35. The smallest absolute Gasteiger partial charge is 0.119 e. The van der Waals surface area contributed by atoms with Gasteiger partial charge < -0.3 is 14.8 Å². The molecule has 1 N–H and O–H groups in total. The van der Waals surface area contributed by atoms with Crippen LogP contribution in [0.5, 0.6) is 5.75 Å². The summed E-state index contributed by atoms with van der Waals surface area (Å²) in [6, 6.07) is 8.34. The van der Waals surface area contributed by atoms with Crippen molar-refractivity contribution in [3.63, 3.8) is 0 Å². The van der Waals surface area contributed by atoms with E-state index in [1.165, 1.54) is 12.0 Å². The van der Waals surface area contributed by atoms with Crippen LogP contribution in [0.2, 0.25) is 0 Å². The van der Waals surface area contributed by atoms with Gasteiger partial charge in [0, 0.05) is 19.1 Å².